The molecule has 2 rings (SSSR count). The molecule has 1 aliphatic carbocycles. The van der Waals surface area contributed by atoms with Gasteiger partial charge in [0.1, 0.15) is 35.8 Å². The Morgan fingerprint density at radius 3 is 2.58 bits per heavy atom. The Kier molecular flexibility index (Phi) is 16.1. The van der Waals surface area contributed by atoms with E-state index in [1.807, 2.05) is 6.08 Å². The monoisotopic (exact) mass is 620 g/mol. The number of nitrogens with one attached hydrogen (secondary N) is 3. The number of carbonyl (C=O) groups excluding carboxylic acids is 2. The van der Waals surface area contributed by atoms with Gasteiger partial charge in [-0.2, -0.15) is 0 Å². The minimum Gasteiger partial charge on any atom is -0.468 e. The van der Waals surface area contributed by atoms with E-state index in [1.165, 1.54) is 0 Å². The minimum atomic E-state index is -1.36. The van der Waals surface area contributed by atoms with Gasteiger partial charge in [0.15, 0.2) is 12.6 Å². The molecule has 0 aromatic carbocycles. The van der Waals surface area contributed by atoms with Gasteiger partial charge in [0.05, 0.1) is 32.4 Å². The van der Waals surface area contributed by atoms with E-state index in [2.05, 4.69) is 16.0 Å². The van der Waals surface area contributed by atoms with Crippen molar-refractivity contribution in [2.75, 3.05) is 39.5 Å². The molecule has 0 aromatic heterocycles. The molecular formula is C28H52N4O11. The summed E-state index contributed by atoms with van der Waals surface area (Å²) in [4.78, 5) is 24.8. The second kappa shape index (κ2) is 18.7. The van der Waals surface area contributed by atoms with Gasteiger partial charge in [-0.3, -0.25) is 4.79 Å². The Balaban J connectivity index is 2.12. The lowest BCUT2D eigenvalue weighted by atomic mass is 9.83. The van der Waals surface area contributed by atoms with Crippen LogP contribution in [0.25, 0.3) is 0 Å². The van der Waals surface area contributed by atoms with Gasteiger partial charge < -0.3 is 65.8 Å². The van der Waals surface area contributed by atoms with Gasteiger partial charge in [0.2, 0.25) is 5.91 Å². The normalized spacial score (nSPS) is 27.4. The van der Waals surface area contributed by atoms with Gasteiger partial charge in [-0.05, 0) is 46.1 Å². The van der Waals surface area contributed by atoms with E-state index in [1.54, 1.807) is 27.7 Å². The van der Waals surface area contributed by atoms with Gasteiger partial charge in [-0.1, -0.05) is 6.92 Å². The Morgan fingerprint density at radius 2 is 1.93 bits per heavy atom. The first kappa shape index (κ1) is 37.1. The maximum Gasteiger partial charge on any atom is 0.407 e. The second-order valence-electron chi connectivity index (χ2n) is 11.6. The molecule has 0 saturated heterocycles. The standard InChI is InChI=1S/C28H52N4O11/c1-5-20(35)26(39-14-13-34)42-25-19(32-21(36)9-10-31-27(38)43-28(2,3)4)15-18(29)24(23(25)37)41-22-8-6-7-17(40-22)16-30-11-12-33/h7,18-20,22-26,30,33-35,37H,5-6,8-16,29H2,1-4H3,(H,31,38)(H,32,36)/t18-,19+,20+,22+,23-,24+,25-,26+/m0/s1. The molecule has 1 fully saturated rings. The van der Waals surface area contributed by atoms with Gasteiger partial charge in [0.25, 0.3) is 0 Å². The lowest BCUT2D eigenvalue weighted by Crippen LogP contribution is -2.66. The molecule has 15 heteroatoms. The molecule has 9 N–H and O–H groups in total. The zero-order chi connectivity index (χ0) is 32.0. The average Bonchev–Trinajstić information content (AvgIpc) is 2.93. The van der Waals surface area contributed by atoms with Crippen molar-refractivity contribution in [1.82, 2.24) is 16.0 Å². The smallest absolute Gasteiger partial charge is 0.407 e. The van der Waals surface area contributed by atoms with Gasteiger partial charge in [-0.15, -0.1) is 0 Å². The third-order valence-corrected chi connectivity index (χ3v) is 6.74. The van der Waals surface area contributed by atoms with Crippen LogP contribution in [-0.4, -0.2) is 127 Å². The van der Waals surface area contributed by atoms with E-state index >= 15 is 0 Å². The van der Waals surface area contributed by atoms with Gasteiger partial charge >= 0.3 is 6.09 Å². The second-order valence-corrected chi connectivity index (χ2v) is 11.6. The molecule has 8 atom stereocenters. The number of ether oxygens (including phenoxy) is 5. The van der Waals surface area contributed by atoms with Crippen LogP contribution in [0.1, 0.15) is 59.8 Å². The number of carbonyl (C=O) groups is 2. The average molecular weight is 621 g/mol. The van der Waals surface area contributed by atoms with Gasteiger partial charge in [-0.25, -0.2) is 4.79 Å². The largest absolute Gasteiger partial charge is 0.468 e. The van der Waals surface area contributed by atoms with E-state index < -0.39 is 66.7 Å². The molecule has 1 aliphatic heterocycles. The predicted octanol–water partition coefficient (Wildman–Crippen LogP) is -1.04. The number of aliphatic hydroxyl groups excluding tert-OH is 4. The van der Waals surface area contributed by atoms with E-state index in [9.17, 15) is 24.9 Å². The highest BCUT2D eigenvalue weighted by atomic mass is 16.7. The minimum absolute atomic E-state index is 0.00852. The Bertz CT molecular complexity index is 872. The Morgan fingerprint density at radius 1 is 1.19 bits per heavy atom. The van der Waals surface area contributed by atoms with Crippen molar-refractivity contribution >= 4 is 12.0 Å². The molecule has 250 valence electrons. The molecule has 15 nitrogen and oxygen atoms in total. The summed E-state index contributed by atoms with van der Waals surface area (Å²) in [5.74, 6) is 0.211. The number of allylic oxidation sites excluding steroid dienone is 1. The summed E-state index contributed by atoms with van der Waals surface area (Å²) in [6.45, 7) is 7.30. The molecule has 2 aliphatic rings. The molecule has 43 heavy (non-hydrogen) atoms. The molecule has 0 bridgehead atoms. The lowest BCUT2D eigenvalue weighted by Gasteiger charge is -2.45. The first-order chi connectivity index (χ1) is 20.4. The fourth-order valence-electron chi connectivity index (χ4n) is 4.70. The Hall–Kier alpha value is -2.08. The molecule has 0 spiro atoms. The zero-order valence-corrected chi connectivity index (χ0v) is 25.7. The third-order valence-electron chi connectivity index (χ3n) is 6.74. The summed E-state index contributed by atoms with van der Waals surface area (Å²) in [6.07, 6.45) is -3.60. The number of amides is 2. The van der Waals surface area contributed by atoms with E-state index in [4.69, 9.17) is 34.5 Å². The van der Waals surface area contributed by atoms with Crippen LogP contribution in [0.15, 0.2) is 11.8 Å². The van der Waals surface area contributed by atoms with Crippen molar-refractivity contribution in [2.45, 2.75) is 114 Å². The summed E-state index contributed by atoms with van der Waals surface area (Å²) in [7, 11) is 0. The first-order valence-electron chi connectivity index (χ1n) is 15.0. The number of hydrogen-bond donors (Lipinski definition) is 8. The van der Waals surface area contributed by atoms with Crippen molar-refractivity contribution in [3.05, 3.63) is 11.8 Å². The maximum absolute atomic E-state index is 12.9. The number of alkyl carbamates (subject to hydrolysis) is 1. The SMILES string of the molecule is CC[C@@H](O)[C@H](OCCO)O[C@@H]1[C@@H](O)[C@H](O[C@@H]2CCC=C(CNCCO)O2)[C@@H](N)C[C@H]1NC(=O)CCNC(=O)OC(C)(C)C. The number of hydrogen-bond acceptors (Lipinski definition) is 13. The highest BCUT2D eigenvalue weighted by molar-refractivity contribution is 5.77. The summed E-state index contributed by atoms with van der Waals surface area (Å²) in [6, 6.07) is -1.52. The molecule has 1 heterocycles. The van der Waals surface area contributed by atoms with Crippen LogP contribution >= 0.6 is 0 Å². The first-order valence-corrected chi connectivity index (χ1v) is 15.0. The fourth-order valence-corrected chi connectivity index (χ4v) is 4.70. The molecule has 0 unspecified atom stereocenters. The van der Waals surface area contributed by atoms with Crippen LogP contribution in [0.3, 0.4) is 0 Å². The van der Waals surface area contributed by atoms with Crippen molar-refractivity contribution < 1.29 is 53.7 Å². The fraction of sp³-hybridized carbons (Fsp3) is 0.857. The van der Waals surface area contributed by atoms with Crippen LogP contribution in [0, 0.1) is 0 Å². The molecule has 0 aromatic rings. The zero-order valence-electron chi connectivity index (χ0n) is 25.7. The number of nitrogens with two attached hydrogens (primary N) is 1. The number of rotatable bonds is 17. The summed E-state index contributed by atoms with van der Waals surface area (Å²) < 4.78 is 28.8. The van der Waals surface area contributed by atoms with Crippen LogP contribution < -0.4 is 21.7 Å². The molecule has 2 amide bonds. The van der Waals surface area contributed by atoms with Crippen LogP contribution in [0.4, 0.5) is 4.79 Å². The van der Waals surface area contributed by atoms with E-state index in [0.717, 1.165) is 0 Å². The summed E-state index contributed by atoms with van der Waals surface area (Å²) in [5, 5.41) is 48.6. The van der Waals surface area contributed by atoms with Gasteiger partial charge in [0, 0.05) is 32.0 Å². The molecule has 0 radical (unpaired) electrons. The lowest BCUT2D eigenvalue weighted by molar-refractivity contribution is -0.269. The van der Waals surface area contributed by atoms with E-state index in [0.29, 0.717) is 31.7 Å². The van der Waals surface area contributed by atoms with Crippen molar-refractivity contribution in [3.63, 3.8) is 0 Å². The van der Waals surface area contributed by atoms with Crippen molar-refractivity contribution in [3.8, 4) is 0 Å². The highest BCUT2D eigenvalue weighted by Crippen LogP contribution is 2.30. The van der Waals surface area contributed by atoms with Crippen molar-refractivity contribution in [2.24, 2.45) is 5.73 Å². The summed E-state index contributed by atoms with van der Waals surface area (Å²) in [5.41, 5.74) is 5.77. The predicted molar refractivity (Wildman–Crippen MR) is 154 cm³/mol. The Labute approximate surface area is 253 Å². The quantitative estimate of drug-likeness (QED) is 0.0719. The molecular weight excluding hydrogens is 568 g/mol. The van der Waals surface area contributed by atoms with Crippen LogP contribution in [0.2, 0.25) is 0 Å². The summed E-state index contributed by atoms with van der Waals surface area (Å²) >= 11 is 0. The van der Waals surface area contributed by atoms with Crippen molar-refractivity contribution in [1.29, 1.82) is 0 Å². The van der Waals surface area contributed by atoms with E-state index in [-0.39, 0.29) is 45.6 Å². The molecule has 1 saturated carbocycles. The van der Waals surface area contributed by atoms with Crippen LogP contribution in [-0.2, 0) is 28.5 Å². The number of aliphatic hydroxyl groups is 4. The third kappa shape index (κ3) is 13.2. The maximum atomic E-state index is 12.9. The highest BCUT2D eigenvalue weighted by Gasteiger charge is 2.47. The topological polar surface area (TPSA) is 223 Å². The van der Waals surface area contributed by atoms with Crippen LogP contribution in [0.5, 0.6) is 0 Å².